The molecule has 0 unspecified atom stereocenters. The third-order valence-corrected chi connectivity index (χ3v) is 3.40. The van der Waals surface area contributed by atoms with Crippen LogP contribution in [0.1, 0.15) is 0 Å². The summed E-state index contributed by atoms with van der Waals surface area (Å²) in [4.78, 5) is 20.0. The SMILES string of the molecule is O=c1c(-c2nc3ccccc3[nH]2)coc2cc(O)ccc12. The predicted octanol–water partition coefficient (Wildman–Crippen LogP) is 3.04. The van der Waals surface area contributed by atoms with E-state index in [9.17, 15) is 9.90 Å². The van der Waals surface area contributed by atoms with Gasteiger partial charge in [0.15, 0.2) is 0 Å². The van der Waals surface area contributed by atoms with E-state index in [1.807, 2.05) is 24.3 Å². The first-order chi connectivity index (χ1) is 10.2. The van der Waals surface area contributed by atoms with Crippen LogP contribution in [0, 0.1) is 0 Å². The minimum atomic E-state index is -0.185. The Morgan fingerprint density at radius 2 is 2.00 bits per heavy atom. The molecular formula is C16H10N2O3. The van der Waals surface area contributed by atoms with Crippen molar-refractivity contribution in [2.24, 2.45) is 0 Å². The average Bonchev–Trinajstić information content (AvgIpc) is 2.91. The van der Waals surface area contributed by atoms with Crippen LogP contribution in [0.15, 0.2) is 57.9 Å². The van der Waals surface area contributed by atoms with Crippen LogP contribution in [0.2, 0.25) is 0 Å². The molecular weight excluding hydrogens is 268 g/mol. The van der Waals surface area contributed by atoms with Crippen LogP contribution in [-0.2, 0) is 0 Å². The molecule has 0 amide bonds. The Balaban J connectivity index is 2.00. The van der Waals surface area contributed by atoms with Gasteiger partial charge in [-0.15, -0.1) is 0 Å². The van der Waals surface area contributed by atoms with Crippen molar-refractivity contribution < 1.29 is 9.52 Å². The fourth-order valence-electron chi connectivity index (χ4n) is 2.36. The normalized spacial score (nSPS) is 11.2. The van der Waals surface area contributed by atoms with Crippen molar-refractivity contribution in [3.8, 4) is 17.1 Å². The zero-order valence-corrected chi connectivity index (χ0v) is 10.8. The summed E-state index contributed by atoms with van der Waals surface area (Å²) < 4.78 is 5.43. The maximum absolute atomic E-state index is 12.5. The van der Waals surface area contributed by atoms with Gasteiger partial charge in [0.05, 0.1) is 16.4 Å². The van der Waals surface area contributed by atoms with E-state index in [0.29, 0.717) is 22.4 Å². The molecule has 0 aliphatic carbocycles. The molecule has 2 aromatic heterocycles. The minimum absolute atomic E-state index is 0.0575. The van der Waals surface area contributed by atoms with Gasteiger partial charge in [0.25, 0.3) is 0 Å². The van der Waals surface area contributed by atoms with Crippen molar-refractivity contribution >= 4 is 22.0 Å². The van der Waals surface area contributed by atoms with Gasteiger partial charge >= 0.3 is 0 Å². The van der Waals surface area contributed by atoms with Gasteiger partial charge in [-0.2, -0.15) is 0 Å². The van der Waals surface area contributed by atoms with Crippen molar-refractivity contribution in [1.29, 1.82) is 0 Å². The van der Waals surface area contributed by atoms with Gasteiger partial charge in [-0.05, 0) is 24.3 Å². The molecule has 0 radical (unpaired) electrons. The number of phenolic OH excluding ortho intramolecular Hbond substituents is 1. The number of nitrogens with zero attached hydrogens (tertiary/aromatic N) is 1. The lowest BCUT2D eigenvalue weighted by Gasteiger charge is -2.00. The molecule has 0 bridgehead atoms. The number of aromatic hydroxyl groups is 1. The largest absolute Gasteiger partial charge is 0.508 e. The quantitative estimate of drug-likeness (QED) is 0.561. The van der Waals surface area contributed by atoms with Crippen LogP contribution >= 0.6 is 0 Å². The molecule has 4 aromatic rings. The summed E-state index contributed by atoms with van der Waals surface area (Å²) in [6, 6.07) is 12.0. The molecule has 0 saturated carbocycles. The molecule has 5 nitrogen and oxygen atoms in total. The van der Waals surface area contributed by atoms with Gasteiger partial charge in [-0.1, -0.05) is 12.1 Å². The Kier molecular flexibility index (Phi) is 2.35. The van der Waals surface area contributed by atoms with Crippen molar-refractivity contribution in [1.82, 2.24) is 9.97 Å². The van der Waals surface area contributed by atoms with E-state index >= 15 is 0 Å². The Morgan fingerprint density at radius 1 is 1.14 bits per heavy atom. The van der Waals surface area contributed by atoms with Gasteiger partial charge in [-0.3, -0.25) is 4.79 Å². The number of para-hydroxylation sites is 2. The second-order valence-corrected chi connectivity index (χ2v) is 4.76. The van der Waals surface area contributed by atoms with Gasteiger partial charge < -0.3 is 14.5 Å². The standard InChI is InChI=1S/C16H10N2O3/c19-9-5-6-10-14(7-9)21-8-11(15(10)20)16-17-12-3-1-2-4-13(12)18-16/h1-8,19H,(H,17,18). The molecule has 2 heterocycles. The highest BCUT2D eigenvalue weighted by atomic mass is 16.3. The topological polar surface area (TPSA) is 79.1 Å². The number of benzene rings is 2. The second kappa shape index (κ2) is 4.21. The predicted molar refractivity (Wildman–Crippen MR) is 79.2 cm³/mol. The Bertz CT molecular complexity index is 997. The summed E-state index contributed by atoms with van der Waals surface area (Å²) in [6.45, 7) is 0. The first-order valence-corrected chi connectivity index (χ1v) is 6.42. The number of hydrogen-bond donors (Lipinski definition) is 2. The fourth-order valence-corrected chi connectivity index (χ4v) is 2.36. The second-order valence-electron chi connectivity index (χ2n) is 4.76. The Labute approximate surface area is 118 Å². The Hall–Kier alpha value is -3.08. The molecule has 2 aromatic carbocycles. The summed E-state index contributed by atoms with van der Waals surface area (Å²) in [5.74, 6) is 0.530. The highest BCUT2D eigenvalue weighted by Gasteiger charge is 2.13. The summed E-state index contributed by atoms with van der Waals surface area (Å²) in [6.07, 6.45) is 1.36. The van der Waals surface area contributed by atoms with Crippen LogP contribution in [-0.4, -0.2) is 15.1 Å². The molecule has 0 aliphatic heterocycles. The molecule has 2 N–H and O–H groups in total. The van der Waals surface area contributed by atoms with E-state index in [-0.39, 0.29) is 11.2 Å². The maximum atomic E-state index is 12.5. The maximum Gasteiger partial charge on any atom is 0.203 e. The van der Waals surface area contributed by atoms with Crippen LogP contribution in [0.5, 0.6) is 5.75 Å². The van der Waals surface area contributed by atoms with Gasteiger partial charge in [0.2, 0.25) is 5.43 Å². The summed E-state index contributed by atoms with van der Waals surface area (Å²) in [5.41, 5.74) is 2.18. The number of H-pyrrole nitrogens is 1. The number of aromatic nitrogens is 2. The third kappa shape index (κ3) is 1.79. The van der Waals surface area contributed by atoms with E-state index in [0.717, 1.165) is 11.0 Å². The molecule has 0 saturated heterocycles. The first-order valence-electron chi connectivity index (χ1n) is 6.42. The van der Waals surface area contributed by atoms with Gasteiger partial charge in [0, 0.05) is 6.07 Å². The van der Waals surface area contributed by atoms with Crippen LogP contribution in [0.3, 0.4) is 0 Å². The van der Waals surface area contributed by atoms with Gasteiger partial charge in [-0.25, -0.2) is 4.98 Å². The van der Waals surface area contributed by atoms with Crippen molar-refractivity contribution in [3.63, 3.8) is 0 Å². The van der Waals surface area contributed by atoms with Crippen molar-refractivity contribution in [2.75, 3.05) is 0 Å². The number of phenols is 1. The zero-order valence-electron chi connectivity index (χ0n) is 10.8. The lowest BCUT2D eigenvalue weighted by Crippen LogP contribution is -2.05. The summed E-state index contributed by atoms with van der Waals surface area (Å²) in [5, 5.41) is 9.83. The number of nitrogens with one attached hydrogen (secondary N) is 1. The molecule has 0 spiro atoms. The highest BCUT2D eigenvalue weighted by molar-refractivity contribution is 5.84. The third-order valence-electron chi connectivity index (χ3n) is 3.40. The van der Waals surface area contributed by atoms with Crippen molar-refractivity contribution in [2.45, 2.75) is 0 Å². The van der Waals surface area contributed by atoms with E-state index in [1.165, 1.54) is 18.4 Å². The van der Waals surface area contributed by atoms with Crippen molar-refractivity contribution in [3.05, 3.63) is 59.0 Å². The summed E-state index contributed by atoms with van der Waals surface area (Å²) >= 11 is 0. The molecule has 0 atom stereocenters. The zero-order chi connectivity index (χ0) is 14.4. The number of rotatable bonds is 1. The number of imidazole rings is 1. The smallest absolute Gasteiger partial charge is 0.203 e. The first kappa shape index (κ1) is 11.7. The van der Waals surface area contributed by atoms with E-state index in [4.69, 9.17) is 4.42 Å². The molecule has 5 heteroatoms. The fraction of sp³-hybridized carbons (Fsp3) is 0. The monoisotopic (exact) mass is 278 g/mol. The van der Waals surface area contributed by atoms with E-state index in [1.54, 1.807) is 6.07 Å². The molecule has 102 valence electrons. The Morgan fingerprint density at radius 3 is 2.86 bits per heavy atom. The average molecular weight is 278 g/mol. The highest BCUT2D eigenvalue weighted by Crippen LogP contribution is 2.22. The van der Waals surface area contributed by atoms with Gasteiger partial charge in [0.1, 0.15) is 29.0 Å². The number of hydrogen-bond acceptors (Lipinski definition) is 4. The molecule has 21 heavy (non-hydrogen) atoms. The minimum Gasteiger partial charge on any atom is -0.508 e. The van der Waals surface area contributed by atoms with E-state index in [2.05, 4.69) is 9.97 Å². The molecule has 4 rings (SSSR count). The lowest BCUT2D eigenvalue weighted by molar-refractivity contribution is 0.474. The van der Waals surface area contributed by atoms with E-state index < -0.39 is 0 Å². The summed E-state index contributed by atoms with van der Waals surface area (Å²) in [7, 11) is 0. The van der Waals surface area contributed by atoms with Crippen LogP contribution in [0.25, 0.3) is 33.4 Å². The number of aromatic amines is 1. The molecule has 0 aliphatic rings. The number of fused-ring (bicyclic) bond motifs is 2. The molecule has 0 fully saturated rings. The lowest BCUT2D eigenvalue weighted by atomic mass is 10.1. The van der Waals surface area contributed by atoms with Crippen LogP contribution in [0.4, 0.5) is 0 Å². The van der Waals surface area contributed by atoms with Crippen LogP contribution < -0.4 is 5.43 Å².